The van der Waals surface area contributed by atoms with Crippen LogP contribution in [0.2, 0.25) is 10.0 Å². The summed E-state index contributed by atoms with van der Waals surface area (Å²) in [7, 11) is 0. The predicted octanol–water partition coefficient (Wildman–Crippen LogP) is 8.49. The molecule has 1 unspecified atom stereocenters. The van der Waals surface area contributed by atoms with E-state index in [2.05, 4.69) is 11.4 Å². The Kier molecular flexibility index (Phi) is 11.3. The molecular formula is C46H39Cl2N3O7. The molecule has 2 amide bonds. The van der Waals surface area contributed by atoms with Crippen molar-refractivity contribution in [2.75, 3.05) is 6.61 Å². The number of hydrogen-bond acceptors (Lipinski definition) is 7. The molecule has 5 aromatic carbocycles. The van der Waals surface area contributed by atoms with Gasteiger partial charge in [0.2, 0.25) is 11.8 Å². The van der Waals surface area contributed by atoms with Crippen LogP contribution in [0.4, 0.5) is 0 Å². The molecule has 3 atom stereocenters. The van der Waals surface area contributed by atoms with Crippen molar-refractivity contribution in [3.63, 3.8) is 0 Å². The van der Waals surface area contributed by atoms with Gasteiger partial charge in [0.15, 0.2) is 17.6 Å². The summed E-state index contributed by atoms with van der Waals surface area (Å²) in [4.78, 5) is 42.0. The molecule has 0 aromatic heterocycles. The highest BCUT2D eigenvalue weighted by Crippen LogP contribution is 2.42. The molecular weight excluding hydrogens is 777 g/mol. The summed E-state index contributed by atoms with van der Waals surface area (Å²) in [5.41, 5.74) is 6.62. The monoisotopic (exact) mass is 815 g/mol. The number of nitrogens with one attached hydrogen (secondary N) is 1. The first kappa shape index (κ1) is 38.8. The van der Waals surface area contributed by atoms with Crippen molar-refractivity contribution in [2.45, 2.75) is 63.4 Å². The van der Waals surface area contributed by atoms with Gasteiger partial charge in [-0.25, -0.2) is 4.79 Å². The second-order valence-electron chi connectivity index (χ2n) is 14.9. The third-order valence-electron chi connectivity index (χ3n) is 11.1. The van der Waals surface area contributed by atoms with E-state index in [0.717, 1.165) is 58.2 Å². The zero-order chi connectivity index (χ0) is 40.3. The maximum atomic E-state index is 14.0. The lowest BCUT2D eigenvalue weighted by Gasteiger charge is -2.40. The fraction of sp³-hybridized carbons (Fsp3) is 0.261. The maximum Gasteiger partial charge on any atom is 0.326 e. The number of amides is 2. The van der Waals surface area contributed by atoms with Crippen LogP contribution >= 0.6 is 23.2 Å². The van der Waals surface area contributed by atoms with Gasteiger partial charge in [0.25, 0.3) is 0 Å². The molecule has 3 aliphatic rings. The Morgan fingerprint density at radius 1 is 0.862 bits per heavy atom. The quantitative estimate of drug-likeness (QED) is 0.135. The number of carboxylic acids is 1. The summed E-state index contributed by atoms with van der Waals surface area (Å²) in [5.74, 6) is -0.181. The highest BCUT2D eigenvalue weighted by Gasteiger charge is 2.41. The summed E-state index contributed by atoms with van der Waals surface area (Å²) in [6, 6.07) is 31.4. The van der Waals surface area contributed by atoms with Gasteiger partial charge in [-0.2, -0.15) is 5.26 Å². The highest BCUT2D eigenvalue weighted by atomic mass is 35.5. The number of hydrogen-bond donors (Lipinski definition) is 2. The van der Waals surface area contributed by atoms with E-state index in [9.17, 15) is 19.5 Å². The van der Waals surface area contributed by atoms with Gasteiger partial charge in [-0.1, -0.05) is 84.2 Å². The van der Waals surface area contributed by atoms with Crippen LogP contribution in [0.3, 0.4) is 0 Å². The molecule has 2 aliphatic heterocycles. The van der Waals surface area contributed by atoms with Gasteiger partial charge in [0.1, 0.15) is 31.0 Å². The molecule has 294 valence electrons. The van der Waals surface area contributed by atoms with Gasteiger partial charge in [-0.15, -0.1) is 0 Å². The van der Waals surface area contributed by atoms with Crippen LogP contribution in [0.1, 0.15) is 58.7 Å². The third kappa shape index (κ3) is 8.47. The van der Waals surface area contributed by atoms with Crippen molar-refractivity contribution in [2.24, 2.45) is 5.92 Å². The first-order chi connectivity index (χ1) is 28.1. The Morgan fingerprint density at radius 3 is 2.21 bits per heavy atom. The Labute approximate surface area is 345 Å². The van der Waals surface area contributed by atoms with Gasteiger partial charge in [0, 0.05) is 25.3 Å². The molecule has 0 radical (unpaired) electrons. The zero-order valence-electron chi connectivity index (χ0n) is 31.3. The Balaban J connectivity index is 0.947. The molecule has 0 bridgehead atoms. The van der Waals surface area contributed by atoms with Crippen molar-refractivity contribution >= 4 is 41.0 Å². The van der Waals surface area contributed by atoms with Crippen molar-refractivity contribution in [3.8, 4) is 34.4 Å². The summed E-state index contributed by atoms with van der Waals surface area (Å²) < 4.78 is 18.6. The molecule has 5 aromatic rings. The minimum Gasteiger partial charge on any atom is -0.489 e. The van der Waals surface area contributed by atoms with Crippen LogP contribution < -0.4 is 19.5 Å². The molecule has 0 spiro atoms. The molecule has 1 aliphatic carbocycles. The average Bonchev–Trinajstić information content (AvgIpc) is 3.22. The Morgan fingerprint density at radius 2 is 1.55 bits per heavy atom. The largest absolute Gasteiger partial charge is 0.489 e. The van der Waals surface area contributed by atoms with E-state index in [1.165, 1.54) is 0 Å². The van der Waals surface area contributed by atoms with E-state index in [1.54, 1.807) is 29.2 Å². The van der Waals surface area contributed by atoms with Crippen molar-refractivity contribution in [1.29, 1.82) is 5.26 Å². The van der Waals surface area contributed by atoms with E-state index in [1.807, 2.05) is 78.9 Å². The molecule has 12 heteroatoms. The summed E-state index contributed by atoms with van der Waals surface area (Å²) in [6.07, 6.45) is 2.35. The molecule has 2 heterocycles. The van der Waals surface area contributed by atoms with Crippen LogP contribution in [0.25, 0.3) is 11.1 Å². The van der Waals surface area contributed by atoms with Crippen LogP contribution in [0.5, 0.6) is 17.2 Å². The number of carbonyl (C=O) groups excluding carboxylic acids is 2. The van der Waals surface area contributed by atoms with Gasteiger partial charge < -0.3 is 29.5 Å². The Hall–Kier alpha value is -6.02. The van der Waals surface area contributed by atoms with Crippen molar-refractivity contribution < 1.29 is 33.7 Å². The summed E-state index contributed by atoms with van der Waals surface area (Å²) >= 11 is 12.2. The van der Waals surface area contributed by atoms with Gasteiger partial charge >= 0.3 is 5.97 Å². The highest BCUT2D eigenvalue weighted by molar-refractivity contribution is 6.42. The van der Waals surface area contributed by atoms with E-state index in [4.69, 9.17) is 42.7 Å². The van der Waals surface area contributed by atoms with Crippen molar-refractivity contribution in [3.05, 3.63) is 147 Å². The molecule has 58 heavy (non-hydrogen) atoms. The van der Waals surface area contributed by atoms with Crippen LogP contribution in [-0.2, 0) is 40.4 Å². The number of fused-ring (bicyclic) bond motifs is 2. The topological polar surface area (TPSA) is 138 Å². The molecule has 8 rings (SSSR count). The number of carboxylic acid groups (broad SMARTS) is 1. The number of halogens is 2. The van der Waals surface area contributed by atoms with E-state index in [-0.39, 0.29) is 43.9 Å². The molecule has 10 nitrogen and oxygen atoms in total. The fourth-order valence-corrected chi connectivity index (χ4v) is 7.84. The second-order valence-corrected chi connectivity index (χ2v) is 15.7. The Bertz CT molecular complexity index is 2390. The van der Waals surface area contributed by atoms with Crippen LogP contribution in [0.15, 0.2) is 103 Å². The molecule has 1 fully saturated rings. The lowest BCUT2D eigenvalue weighted by atomic mass is 9.82. The van der Waals surface area contributed by atoms with E-state index in [0.29, 0.717) is 39.5 Å². The van der Waals surface area contributed by atoms with Crippen LogP contribution in [0, 0.1) is 17.2 Å². The van der Waals surface area contributed by atoms with E-state index < -0.39 is 24.0 Å². The SMILES string of the molecule is N#Cc1ccc(-c2ccc(CC(NC(=O)[C@@H]3Cc4cc5c(cc4CN3C(=O)C3CCC3)O[C@@H](c3ccc(OCc4ccc(Cl)c(Cl)c4)cc3)CO5)C(=O)O)cc2)cc1. The number of carbonyl (C=O) groups is 3. The number of ether oxygens (including phenoxy) is 3. The maximum absolute atomic E-state index is 14.0. The summed E-state index contributed by atoms with van der Waals surface area (Å²) in [6.45, 7) is 0.779. The lowest BCUT2D eigenvalue weighted by molar-refractivity contribution is -0.148. The molecule has 2 N–H and O–H groups in total. The number of nitrogens with zero attached hydrogens (tertiary/aromatic N) is 2. The molecule has 1 saturated carbocycles. The fourth-order valence-electron chi connectivity index (χ4n) is 7.52. The number of rotatable bonds is 11. The van der Waals surface area contributed by atoms with Gasteiger partial charge in [-0.05, 0) is 100 Å². The standard InChI is InChI=1S/C46H39Cl2N3O7/c47-37-17-8-29(18-38(37)48)25-56-36-15-13-32(14-16-36)43-26-57-41-21-34-20-40(51(45(53)33-2-1-3-33)24-35(34)22-42(41)58-43)44(52)50-39(46(54)55)19-27-4-9-30(10-5-27)31-11-6-28(23-49)7-12-31/h4-18,21-22,33,39-40,43H,1-3,19-20,24-26H2,(H,50,52)(H,54,55)/t39?,40-,43+/m0/s1. The first-order valence-electron chi connectivity index (χ1n) is 19.2. The second kappa shape index (κ2) is 16.8. The third-order valence-corrected chi connectivity index (χ3v) is 11.8. The minimum atomic E-state index is -1.21. The predicted molar refractivity (Wildman–Crippen MR) is 218 cm³/mol. The number of aliphatic carboxylic acids is 1. The average molecular weight is 817 g/mol. The minimum absolute atomic E-state index is 0.0585. The zero-order valence-corrected chi connectivity index (χ0v) is 32.8. The van der Waals surface area contributed by atoms with Gasteiger partial charge in [-0.3, -0.25) is 9.59 Å². The smallest absolute Gasteiger partial charge is 0.326 e. The molecule has 0 saturated heterocycles. The number of nitriles is 1. The van der Waals surface area contributed by atoms with E-state index >= 15 is 0 Å². The summed E-state index contributed by atoms with van der Waals surface area (Å²) in [5, 5.41) is 23.0. The normalized spacial score (nSPS) is 17.6. The van der Waals surface area contributed by atoms with Crippen molar-refractivity contribution in [1.82, 2.24) is 10.2 Å². The number of benzene rings is 5. The van der Waals surface area contributed by atoms with Crippen LogP contribution in [-0.4, -0.2) is 46.5 Å². The van der Waals surface area contributed by atoms with Gasteiger partial charge in [0.05, 0.1) is 21.7 Å². The first-order valence-corrected chi connectivity index (χ1v) is 19.9. The lowest BCUT2D eigenvalue weighted by Crippen LogP contribution is -2.57.